The van der Waals surface area contributed by atoms with Gasteiger partial charge in [0.05, 0.1) is 9.86 Å². The number of halogens is 2. The predicted octanol–water partition coefficient (Wildman–Crippen LogP) is 3.27. The van der Waals surface area contributed by atoms with Crippen LogP contribution in [0, 0.1) is 5.82 Å². The number of aromatic nitrogens is 1. The number of pyridine rings is 1. The maximum atomic E-state index is 13.5. The third kappa shape index (κ3) is 3.10. The van der Waals surface area contributed by atoms with Gasteiger partial charge in [0, 0.05) is 19.2 Å². The molecular formula is C14H13BrFNO2. The first-order chi connectivity index (χ1) is 8.99. The Bertz CT molecular complexity index is 694. The molecule has 19 heavy (non-hydrogen) atoms. The Labute approximate surface area is 118 Å². The zero-order valence-corrected chi connectivity index (χ0v) is 12.0. The van der Waals surface area contributed by atoms with Gasteiger partial charge in [-0.3, -0.25) is 4.79 Å². The number of rotatable bonds is 4. The van der Waals surface area contributed by atoms with E-state index in [1.165, 1.54) is 17.6 Å². The van der Waals surface area contributed by atoms with Crippen molar-refractivity contribution in [1.29, 1.82) is 0 Å². The normalized spacial score (nSPS) is 10.9. The van der Waals surface area contributed by atoms with Crippen molar-refractivity contribution < 1.29 is 9.18 Å². The van der Waals surface area contributed by atoms with E-state index < -0.39 is 5.82 Å². The minimum Gasteiger partial charge on any atom is -0.315 e. The molecule has 2 rings (SSSR count). The fraction of sp³-hybridized carbons (Fsp3) is 0.286. The lowest BCUT2D eigenvalue weighted by atomic mass is 10.1. The Morgan fingerprint density at radius 1 is 1.42 bits per heavy atom. The molecule has 0 aliphatic carbocycles. The molecule has 0 aliphatic rings. The number of benzene rings is 1. The smallest absolute Gasteiger partial charge is 0.258 e. The Morgan fingerprint density at radius 2 is 2.16 bits per heavy atom. The van der Waals surface area contributed by atoms with Crippen molar-refractivity contribution in [2.45, 2.75) is 26.3 Å². The summed E-state index contributed by atoms with van der Waals surface area (Å²) in [6, 6.07) is 4.60. The molecule has 100 valence electrons. The zero-order valence-electron chi connectivity index (χ0n) is 10.5. The van der Waals surface area contributed by atoms with E-state index in [2.05, 4.69) is 15.9 Å². The molecule has 1 heterocycles. The number of hydrogen-bond donors (Lipinski definition) is 0. The number of ketones is 1. The van der Waals surface area contributed by atoms with E-state index in [9.17, 15) is 14.0 Å². The number of carbonyl (C=O) groups excluding carboxylic acids is 1. The zero-order chi connectivity index (χ0) is 14.0. The predicted molar refractivity (Wildman–Crippen MR) is 75.8 cm³/mol. The topological polar surface area (TPSA) is 39.1 Å². The molecule has 0 atom stereocenters. The summed E-state index contributed by atoms with van der Waals surface area (Å²) < 4.78 is 15.3. The van der Waals surface area contributed by atoms with E-state index in [1.807, 2.05) is 0 Å². The highest BCUT2D eigenvalue weighted by Crippen LogP contribution is 2.21. The molecule has 1 aromatic heterocycles. The summed E-state index contributed by atoms with van der Waals surface area (Å²) in [7, 11) is 0. The van der Waals surface area contributed by atoms with Crippen LogP contribution >= 0.6 is 15.9 Å². The van der Waals surface area contributed by atoms with Crippen LogP contribution < -0.4 is 5.56 Å². The molecule has 0 fully saturated rings. The molecule has 0 amide bonds. The summed E-state index contributed by atoms with van der Waals surface area (Å²) in [5.74, 6) is -0.352. The van der Waals surface area contributed by atoms with E-state index in [0.717, 1.165) is 0 Å². The van der Waals surface area contributed by atoms with Gasteiger partial charge in [-0.25, -0.2) is 4.39 Å². The van der Waals surface area contributed by atoms with Gasteiger partial charge in [0.1, 0.15) is 11.6 Å². The van der Waals surface area contributed by atoms with Crippen molar-refractivity contribution in [3.05, 3.63) is 45.0 Å². The SMILES string of the molecule is CC(=O)CCCn1ccc2cc(Br)c(F)cc2c1=O. The van der Waals surface area contributed by atoms with Crippen LogP contribution in [0.1, 0.15) is 19.8 Å². The van der Waals surface area contributed by atoms with Gasteiger partial charge < -0.3 is 9.36 Å². The van der Waals surface area contributed by atoms with Crippen molar-refractivity contribution in [2.75, 3.05) is 0 Å². The van der Waals surface area contributed by atoms with Gasteiger partial charge in [0.25, 0.3) is 5.56 Å². The molecule has 1 aromatic carbocycles. The van der Waals surface area contributed by atoms with Crippen LogP contribution in [0.4, 0.5) is 4.39 Å². The van der Waals surface area contributed by atoms with Crippen molar-refractivity contribution in [2.24, 2.45) is 0 Å². The molecule has 3 nitrogen and oxygen atoms in total. The molecule has 2 aromatic rings. The largest absolute Gasteiger partial charge is 0.315 e. The fourth-order valence-corrected chi connectivity index (χ4v) is 2.31. The van der Waals surface area contributed by atoms with E-state index in [0.29, 0.717) is 34.6 Å². The van der Waals surface area contributed by atoms with Gasteiger partial charge in [-0.1, -0.05) is 0 Å². The molecule has 0 saturated carbocycles. The van der Waals surface area contributed by atoms with Crippen molar-refractivity contribution >= 4 is 32.5 Å². The molecular weight excluding hydrogens is 313 g/mol. The van der Waals surface area contributed by atoms with Crippen LogP contribution in [0.25, 0.3) is 10.8 Å². The standard InChI is InChI=1S/C14H13BrFNO2/c1-9(18)3-2-5-17-6-4-10-7-12(15)13(16)8-11(10)14(17)19/h4,6-8H,2-3,5H2,1H3. The summed E-state index contributed by atoms with van der Waals surface area (Å²) in [5.41, 5.74) is -0.229. The molecule has 5 heteroatoms. The summed E-state index contributed by atoms with van der Waals surface area (Å²) in [5, 5.41) is 1.05. The molecule has 0 N–H and O–H groups in total. The van der Waals surface area contributed by atoms with Crippen LogP contribution in [-0.2, 0) is 11.3 Å². The van der Waals surface area contributed by atoms with Crippen LogP contribution in [0.3, 0.4) is 0 Å². The third-order valence-corrected chi connectivity index (χ3v) is 3.55. The van der Waals surface area contributed by atoms with Gasteiger partial charge in [-0.2, -0.15) is 0 Å². The average Bonchev–Trinajstić information content (AvgIpc) is 2.34. The Balaban J connectivity index is 2.37. The highest BCUT2D eigenvalue weighted by Gasteiger charge is 2.07. The second-order valence-electron chi connectivity index (χ2n) is 4.47. The van der Waals surface area contributed by atoms with E-state index in [1.54, 1.807) is 18.3 Å². The van der Waals surface area contributed by atoms with Crippen molar-refractivity contribution in [1.82, 2.24) is 4.57 Å². The lowest BCUT2D eigenvalue weighted by Gasteiger charge is -2.07. The van der Waals surface area contributed by atoms with Gasteiger partial charge in [-0.05, 0) is 52.9 Å². The minimum atomic E-state index is -0.453. The summed E-state index contributed by atoms with van der Waals surface area (Å²) in [6.07, 6.45) is 2.73. The monoisotopic (exact) mass is 325 g/mol. The highest BCUT2D eigenvalue weighted by molar-refractivity contribution is 9.10. The molecule has 0 aliphatic heterocycles. The Kier molecular flexibility index (Phi) is 4.14. The van der Waals surface area contributed by atoms with Crippen molar-refractivity contribution in [3.8, 4) is 0 Å². The van der Waals surface area contributed by atoms with Crippen LogP contribution in [0.15, 0.2) is 33.7 Å². The first-order valence-electron chi connectivity index (χ1n) is 5.96. The molecule has 0 saturated heterocycles. The summed E-state index contributed by atoms with van der Waals surface area (Å²) >= 11 is 3.10. The fourth-order valence-electron chi connectivity index (χ4n) is 1.95. The number of aryl methyl sites for hydroxylation is 1. The van der Waals surface area contributed by atoms with Gasteiger partial charge in [-0.15, -0.1) is 0 Å². The second-order valence-corrected chi connectivity index (χ2v) is 5.33. The van der Waals surface area contributed by atoms with E-state index >= 15 is 0 Å². The van der Waals surface area contributed by atoms with E-state index in [-0.39, 0.29) is 11.3 Å². The van der Waals surface area contributed by atoms with Crippen LogP contribution in [0.2, 0.25) is 0 Å². The quantitative estimate of drug-likeness (QED) is 0.865. The molecule has 0 radical (unpaired) electrons. The molecule has 0 unspecified atom stereocenters. The second kappa shape index (κ2) is 5.65. The van der Waals surface area contributed by atoms with Crippen molar-refractivity contribution in [3.63, 3.8) is 0 Å². The molecule has 0 spiro atoms. The first kappa shape index (κ1) is 13.9. The van der Waals surface area contributed by atoms with Crippen LogP contribution in [0.5, 0.6) is 0 Å². The van der Waals surface area contributed by atoms with Gasteiger partial charge in [0.15, 0.2) is 0 Å². The lowest BCUT2D eigenvalue weighted by molar-refractivity contribution is -0.117. The number of hydrogen-bond acceptors (Lipinski definition) is 2. The Hall–Kier alpha value is -1.49. The minimum absolute atomic E-state index is 0.101. The first-order valence-corrected chi connectivity index (χ1v) is 6.76. The van der Waals surface area contributed by atoms with Gasteiger partial charge in [0.2, 0.25) is 0 Å². The third-order valence-electron chi connectivity index (χ3n) is 2.95. The summed E-state index contributed by atoms with van der Waals surface area (Å²) in [6.45, 7) is 1.99. The maximum absolute atomic E-state index is 13.5. The lowest BCUT2D eigenvalue weighted by Crippen LogP contribution is -2.20. The Morgan fingerprint density at radius 3 is 2.84 bits per heavy atom. The number of carbonyl (C=O) groups is 1. The number of Topliss-reactive ketones (excluding diaryl/α,β-unsaturated/α-hetero) is 1. The van der Waals surface area contributed by atoms with Gasteiger partial charge >= 0.3 is 0 Å². The number of nitrogens with zero attached hydrogens (tertiary/aromatic N) is 1. The molecule has 0 bridgehead atoms. The van der Waals surface area contributed by atoms with E-state index in [4.69, 9.17) is 0 Å². The highest BCUT2D eigenvalue weighted by atomic mass is 79.9. The average molecular weight is 326 g/mol. The number of fused-ring (bicyclic) bond motifs is 1. The van der Waals surface area contributed by atoms with Crippen LogP contribution in [-0.4, -0.2) is 10.4 Å². The maximum Gasteiger partial charge on any atom is 0.258 e. The summed E-state index contributed by atoms with van der Waals surface area (Å²) in [4.78, 5) is 23.0.